The van der Waals surface area contributed by atoms with Crippen LogP contribution in [0.4, 0.5) is 5.69 Å². The summed E-state index contributed by atoms with van der Waals surface area (Å²) in [6.45, 7) is 1.35. The normalized spacial score (nSPS) is 11.1. The van der Waals surface area contributed by atoms with Crippen LogP contribution in [0.1, 0.15) is 17.3 Å². The quantitative estimate of drug-likeness (QED) is 0.397. The number of aliphatic imine (C=N–C) groups is 1. The zero-order chi connectivity index (χ0) is 10.6. The third-order valence-corrected chi connectivity index (χ3v) is 1.55. The first-order valence-corrected chi connectivity index (χ1v) is 4.04. The lowest BCUT2D eigenvalue weighted by molar-refractivity contribution is -0.215. The Balaban J connectivity index is 3.01. The first-order chi connectivity index (χ1) is 6.63. The first-order valence-electron chi connectivity index (χ1n) is 4.04. The van der Waals surface area contributed by atoms with Crippen LogP contribution in [0.3, 0.4) is 0 Å². The molecule has 0 unspecified atom stereocenters. The molecule has 1 rings (SSSR count). The summed E-state index contributed by atoms with van der Waals surface area (Å²) in [4.78, 5) is 14.8. The van der Waals surface area contributed by atoms with Crippen LogP contribution in [0.5, 0.6) is 0 Å². The van der Waals surface area contributed by atoms with E-state index in [0.717, 1.165) is 0 Å². The maximum absolute atomic E-state index is 11.1. The Morgan fingerprint density at radius 1 is 1.50 bits per heavy atom. The average molecular weight is 192 g/mol. The Bertz CT molecular complexity index is 367. The molecule has 0 bridgehead atoms. The van der Waals surface area contributed by atoms with E-state index in [9.17, 15) is 9.90 Å². The molecule has 0 radical (unpaired) electrons. The molecule has 0 aliphatic rings. The van der Waals surface area contributed by atoms with Crippen LogP contribution in [-0.4, -0.2) is 19.0 Å². The molecule has 74 valence electrons. The van der Waals surface area contributed by atoms with E-state index in [-0.39, 0.29) is 5.90 Å². The zero-order valence-corrected chi connectivity index (χ0v) is 7.98. The first kappa shape index (κ1) is 10.2. The summed E-state index contributed by atoms with van der Waals surface area (Å²) in [5, 5.41) is 10.7. The van der Waals surface area contributed by atoms with Crippen LogP contribution in [0.2, 0.25) is 0 Å². The molecular weight excluding hydrogens is 182 g/mol. The van der Waals surface area contributed by atoms with E-state index in [0.29, 0.717) is 11.3 Å². The molecule has 0 saturated heterocycles. The number of nitrogens with zero attached hydrogens (tertiary/aromatic N) is 1. The lowest BCUT2D eigenvalue weighted by Crippen LogP contribution is -2.11. The molecule has 0 fully saturated rings. The Morgan fingerprint density at radius 3 is 2.79 bits per heavy atom. The average Bonchev–Trinajstić information content (AvgIpc) is 2.16. The topological polar surface area (TPSA) is 61.7 Å². The molecule has 0 spiro atoms. The predicted molar refractivity (Wildman–Crippen MR) is 50.6 cm³/mol. The number of hydrogen-bond acceptors (Lipinski definition) is 4. The number of carbonyl (C=O) groups is 1. The molecule has 0 aliphatic heterocycles. The van der Waals surface area contributed by atoms with E-state index in [1.807, 2.05) is 0 Å². The van der Waals surface area contributed by atoms with Crippen molar-refractivity contribution in [2.45, 2.75) is 6.92 Å². The van der Waals surface area contributed by atoms with Crippen molar-refractivity contribution in [1.82, 2.24) is 0 Å². The molecule has 1 aromatic rings. The standard InChI is InChI=1S/C10H11NO3/c1-7(12)11-9-5-3-4-8(6-9)10(13)14-2/h3-6H,1-2H3,(H,11,12)/p-1. The van der Waals surface area contributed by atoms with Gasteiger partial charge in [0.05, 0.1) is 18.4 Å². The summed E-state index contributed by atoms with van der Waals surface area (Å²) in [5.41, 5.74) is 0.843. The Labute approximate surface area is 81.9 Å². The van der Waals surface area contributed by atoms with Crippen LogP contribution in [0.25, 0.3) is 0 Å². The lowest BCUT2D eigenvalue weighted by atomic mass is 10.2. The Morgan fingerprint density at radius 2 is 2.21 bits per heavy atom. The largest absolute Gasteiger partial charge is 0.862 e. The fourth-order valence-corrected chi connectivity index (χ4v) is 1.00. The maximum Gasteiger partial charge on any atom is 0.337 e. The minimum absolute atomic E-state index is 0.299. The van der Waals surface area contributed by atoms with Gasteiger partial charge in [-0.25, -0.2) is 4.79 Å². The second kappa shape index (κ2) is 4.41. The van der Waals surface area contributed by atoms with Gasteiger partial charge in [-0.05, 0) is 31.0 Å². The third kappa shape index (κ3) is 2.58. The van der Waals surface area contributed by atoms with E-state index < -0.39 is 5.97 Å². The summed E-state index contributed by atoms with van der Waals surface area (Å²) < 4.78 is 4.53. The molecule has 0 N–H and O–H groups in total. The Hall–Kier alpha value is -1.84. The lowest BCUT2D eigenvalue weighted by Gasteiger charge is -2.04. The van der Waals surface area contributed by atoms with E-state index in [4.69, 9.17) is 0 Å². The number of esters is 1. The van der Waals surface area contributed by atoms with Crippen molar-refractivity contribution in [2.75, 3.05) is 7.11 Å². The van der Waals surface area contributed by atoms with Crippen molar-refractivity contribution in [1.29, 1.82) is 0 Å². The molecular formula is C10H10NO3-. The number of ether oxygens (including phenoxy) is 1. The monoisotopic (exact) mass is 192 g/mol. The molecule has 0 atom stereocenters. The van der Waals surface area contributed by atoms with E-state index >= 15 is 0 Å². The molecule has 0 heterocycles. The summed E-state index contributed by atoms with van der Waals surface area (Å²) in [7, 11) is 1.30. The van der Waals surface area contributed by atoms with Gasteiger partial charge in [0, 0.05) is 0 Å². The van der Waals surface area contributed by atoms with Gasteiger partial charge in [-0.3, -0.25) is 4.99 Å². The molecule has 4 heteroatoms. The van der Waals surface area contributed by atoms with Gasteiger partial charge < -0.3 is 9.84 Å². The van der Waals surface area contributed by atoms with Crippen molar-refractivity contribution in [3.63, 3.8) is 0 Å². The SMILES string of the molecule is COC(=O)c1cccc(N=C(C)[O-])c1. The van der Waals surface area contributed by atoms with Crippen molar-refractivity contribution in [3.05, 3.63) is 29.8 Å². The minimum Gasteiger partial charge on any atom is -0.862 e. The second-order valence-electron chi connectivity index (χ2n) is 2.67. The smallest absolute Gasteiger partial charge is 0.337 e. The molecule has 14 heavy (non-hydrogen) atoms. The summed E-state index contributed by atoms with van der Waals surface area (Å²) >= 11 is 0. The second-order valence-corrected chi connectivity index (χ2v) is 2.67. The van der Waals surface area contributed by atoms with E-state index in [1.54, 1.807) is 18.2 Å². The van der Waals surface area contributed by atoms with Crippen molar-refractivity contribution < 1.29 is 14.6 Å². The van der Waals surface area contributed by atoms with Gasteiger partial charge in [-0.2, -0.15) is 0 Å². The molecule has 0 aliphatic carbocycles. The number of benzene rings is 1. The van der Waals surface area contributed by atoms with Gasteiger partial charge in [0.1, 0.15) is 0 Å². The summed E-state index contributed by atoms with van der Waals surface area (Å²) in [6.07, 6.45) is 0. The van der Waals surface area contributed by atoms with Crippen LogP contribution >= 0.6 is 0 Å². The highest BCUT2D eigenvalue weighted by Crippen LogP contribution is 2.14. The Kier molecular flexibility index (Phi) is 3.23. The number of rotatable bonds is 2. The van der Waals surface area contributed by atoms with Crippen LogP contribution in [0.15, 0.2) is 29.3 Å². The molecule has 1 aromatic carbocycles. The maximum atomic E-state index is 11.1. The van der Waals surface area contributed by atoms with Gasteiger partial charge >= 0.3 is 5.97 Å². The van der Waals surface area contributed by atoms with Crippen molar-refractivity contribution in [3.8, 4) is 0 Å². The molecule has 0 aromatic heterocycles. The minimum atomic E-state index is -0.439. The summed E-state index contributed by atoms with van der Waals surface area (Å²) in [5.74, 6) is -0.738. The molecule has 4 nitrogen and oxygen atoms in total. The highest BCUT2D eigenvalue weighted by molar-refractivity contribution is 5.90. The van der Waals surface area contributed by atoms with Crippen LogP contribution in [0, 0.1) is 0 Å². The van der Waals surface area contributed by atoms with Gasteiger partial charge in [0.2, 0.25) is 0 Å². The van der Waals surface area contributed by atoms with Crippen molar-refractivity contribution in [2.24, 2.45) is 4.99 Å². The number of hydrogen-bond donors (Lipinski definition) is 0. The number of methoxy groups -OCH3 is 1. The molecule has 0 amide bonds. The van der Waals surface area contributed by atoms with Crippen LogP contribution < -0.4 is 5.11 Å². The number of carbonyl (C=O) groups excluding carboxylic acids is 1. The van der Waals surface area contributed by atoms with E-state index in [2.05, 4.69) is 9.73 Å². The predicted octanol–water partition coefficient (Wildman–Crippen LogP) is 0.883. The van der Waals surface area contributed by atoms with Gasteiger partial charge in [0.25, 0.3) is 0 Å². The van der Waals surface area contributed by atoms with E-state index in [1.165, 1.54) is 20.1 Å². The highest BCUT2D eigenvalue weighted by Gasteiger charge is 2.04. The highest BCUT2D eigenvalue weighted by atomic mass is 16.5. The van der Waals surface area contributed by atoms with Gasteiger partial charge in [-0.1, -0.05) is 6.07 Å². The fourth-order valence-electron chi connectivity index (χ4n) is 1.00. The molecule has 0 saturated carbocycles. The van der Waals surface area contributed by atoms with Gasteiger partial charge in [-0.15, -0.1) is 0 Å². The fraction of sp³-hybridized carbons (Fsp3) is 0.200. The third-order valence-electron chi connectivity index (χ3n) is 1.55. The van der Waals surface area contributed by atoms with Crippen LogP contribution in [-0.2, 0) is 4.74 Å². The zero-order valence-electron chi connectivity index (χ0n) is 7.98. The van der Waals surface area contributed by atoms with Gasteiger partial charge in [0.15, 0.2) is 0 Å². The summed E-state index contributed by atoms with van der Waals surface area (Å²) in [6, 6.07) is 6.40. The van der Waals surface area contributed by atoms with Crippen molar-refractivity contribution >= 4 is 17.6 Å².